The number of fused-ring (bicyclic) bond motifs is 1. The third-order valence-corrected chi connectivity index (χ3v) is 17.3. The van der Waals surface area contributed by atoms with E-state index in [9.17, 15) is 0 Å². The van der Waals surface area contributed by atoms with Gasteiger partial charge in [-0.1, -0.05) is 6.08 Å². The van der Waals surface area contributed by atoms with Crippen LogP contribution in [-0.2, 0) is 29.7 Å². The Morgan fingerprint density at radius 2 is 1.27 bits per heavy atom. The molecule has 1 fully saturated rings. The summed E-state index contributed by atoms with van der Waals surface area (Å²) >= 11 is 5.22. The molecule has 0 N–H and O–H groups in total. The van der Waals surface area contributed by atoms with E-state index in [1.54, 1.807) is 45.4 Å². The van der Waals surface area contributed by atoms with Crippen molar-refractivity contribution >= 4 is 63.0 Å². The quantitative estimate of drug-likeness (QED) is 0.113. The van der Waals surface area contributed by atoms with Gasteiger partial charge in [-0.05, 0) is 25.1 Å². The molecular weight excluding hydrogens is 920 g/mol. The van der Waals surface area contributed by atoms with Crippen molar-refractivity contribution < 1.29 is 22.7 Å². The summed E-state index contributed by atoms with van der Waals surface area (Å²) in [6.45, 7) is 5.27. The zero-order chi connectivity index (χ0) is 38.5. The van der Waals surface area contributed by atoms with Crippen molar-refractivity contribution in [3.05, 3.63) is 177 Å². The molecule has 0 unspecified atom stereocenters. The summed E-state index contributed by atoms with van der Waals surface area (Å²) in [6.07, 6.45) is 8.62. The number of hydrogen-bond acceptors (Lipinski definition) is 5. The van der Waals surface area contributed by atoms with Crippen LogP contribution in [0.25, 0.3) is 38.0 Å². The van der Waals surface area contributed by atoms with Crippen LogP contribution in [-0.4, -0.2) is 28.2 Å². The van der Waals surface area contributed by atoms with Crippen LogP contribution in [0.1, 0.15) is 23.6 Å². The first-order valence-corrected chi connectivity index (χ1v) is 23.0. The number of aromatic nitrogens is 3. The number of aryl methyl sites for hydroxylation is 1. The van der Waals surface area contributed by atoms with Gasteiger partial charge in [0.25, 0.3) is 0 Å². The molecule has 1 aliphatic rings. The van der Waals surface area contributed by atoms with E-state index in [2.05, 4.69) is 175 Å². The zero-order valence-corrected chi connectivity index (χ0v) is 36.3. The Morgan fingerprint density at radius 3 is 1.82 bits per heavy atom. The Balaban J connectivity index is 1.31. The SMILES string of the molecule is CC=C1COCC1=CC(C#Cc1ccc(-c2ccc(-c3ccc(/C=C/C)s3)c3nn(C)nc23)s1)=C([C]#[Os])[P+](c1ccccc1)(c1ccccc1)c1ccccc1. The number of hydrogen-bond donors (Lipinski definition) is 0. The van der Waals surface area contributed by atoms with E-state index in [4.69, 9.17) is 14.9 Å². The van der Waals surface area contributed by atoms with E-state index in [-0.39, 0.29) is 0 Å². The molecule has 0 amide bonds. The molecule has 1 saturated heterocycles. The van der Waals surface area contributed by atoms with E-state index < -0.39 is 7.26 Å². The first kappa shape index (κ1) is 37.9. The first-order valence-electron chi connectivity index (χ1n) is 18.3. The molecule has 0 aliphatic carbocycles. The van der Waals surface area contributed by atoms with E-state index in [0.717, 1.165) is 48.4 Å². The fourth-order valence-corrected chi connectivity index (χ4v) is 14.8. The summed E-state index contributed by atoms with van der Waals surface area (Å²) in [4.78, 5) is 6.14. The summed E-state index contributed by atoms with van der Waals surface area (Å²) in [7, 11) is -0.588. The number of allylic oxidation sites excluding steroid dienone is 5. The molecule has 4 nitrogen and oxygen atoms in total. The molecule has 0 saturated carbocycles. The van der Waals surface area contributed by atoms with Crippen molar-refractivity contribution in [3.63, 3.8) is 0 Å². The molecule has 3 aromatic heterocycles. The number of thiophene rings is 2. The molecular formula is C48H38N3OOsPS2+. The van der Waals surface area contributed by atoms with Crippen molar-refractivity contribution in [2.45, 2.75) is 13.8 Å². The Bertz CT molecular complexity index is 2680. The number of ether oxygens (including phenoxy) is 1. The summed E-state index contributed by atoms with van der Waals surface area (Å²) in [5.74, 6) is 7.37. The zero-order valence-electron chi connectivity index (χ0n) is 31.2. The molecule has 7 aromatic rings. The van der Waals surface area contributed by atoms with Gasteiger partial charge >= 0.3 is 290 Å². The molecule has 8 rings (SSSR count). The van der Waals surface area contributed by atoms with Crippen molar-refractivity contribution in [3.8, 4) is 37.1 Å². The average Bonchev–Trinajstić information content (AvgIpc) is 4.07. The van der Waals surface area contributed by atoms with Gasteiger partial charge in [0.15, 0.2) is 0 Å². The molecule has 0 atom stereocenters. The van der Waals surface area contributed by atoms with Crippen LogP contribution < -0.4 is 15.9 Å². The topological polar surface area (TPSA) is 39.9 Å². The van der Waals surface area contributed by atoms with Gasteiger partial charge in [-0.3, -0.25) is 0 Å². The molecule has 1 aliphatic heterocycles. The van der Waals surface area contributed by atoms with Gasteiger partial charge in [0, 0.05) is 16.8 Å². The average molecular weight is 958 g/mol. The standard InChI is InChI=1S/C48H38N3OPS2.Os/c1-5-16-41-25-29-45(54-41)43-27-28-44(48-47(43)49-51(4)50-48)46-30-26-42(55-46)24-23-36(31-37-33-52-32-35(37)6-2)34(3)53(38-17-10-7-11-18-38,39-19-12-8-13-20-39)40-21-14-9-15-22-40;/h5-22,25-31H,32-33H2,1-2,4H3;/q+1;/b16-5+,35-6?,36-34?,37-31?;. The van der Waals surface area contributed by atoms with Crippen LogP contribution >= 0.6 is 29.9 Å². The molecule has 4 aromatic carbocycles. The predicted octanol–water partition coefficient (Wildman–Crippen LogP) is 10.5. The Labute approximate surface area is 347 Å². The van der Waals surface area contributed by atoms with Gasteiger partial charge in [-0.15, -0.1) is 11.3 Å². The molecule has 56 heavy (non-hydrogen) atoms. The van der Waals surface area contributed by atoms with Crippen LogP contribution in [0.3, 0.4) is 0 Å². The monoisotopic (exact) mass is 959 g/mol. The Hall–Kier alpha value is -4.99. The molecule has 275 valence electrons. The predicted molar refractivity (Wildman–Crippen MR) is 235 cm³/mol. The summed E-state index contributed by atoms with van der Waals surface area (Å²) < 4.78 is 9.78. The minimum absolute atomic E-state index is 0.549. The van der Waals surface area contributed by atoms with Crippen LogP contribution in [0.5, 0.6) is 0 Å². The summed E-state index contributed by atoms with van der Waals surface area (Å²) in [5, 5.41) is 14.6. The van der Waals surface area contributed by atoms with Crippen LogP contribution in [0.4, 0.5) is 0 Å². The van der Waals surface area contributed by atoms with Crippen LogP contribution in [0.15, 0.2) is 168 Å². The van der Waals surface area contributed by atoms with E-state index in [1.807, 2.05) is 14.0 Å². The van der Waals surface area contributed by atoms with Gasteiger partial charge in [-0.25, -0.2) is 0 Å². The Kier molecular flexibility index (Phi) is 11.5. The van der Waals surface area contributed by atoms with Crippen LogP contribution in [0.2, 0.25) is 0 Å². The first-order chi connectivity index (χ1) is 27.5. The number of rotatable bonds is 8. The van der Waals surface area contributed by atoms with Gasteiger partial charge in [-0.2, -0.15) is 0 Å². The third-order valence-electron chi connectivity index (χ3n) is 9.75. The van der Waals surface area contributed by atoms with E-state index in [0.29, 0.717) is 13.2 Å². The minimum atomic E-state index is -2.48. The van der Waals surface area contributed by atoms with E-state index in [1.165, 1.54) is 31.2 Å². The third kappa shape index (κ3) is 7.34. The molecule has 4 heterocycles. The van der Waals surface area contributed by atoms with Gasteiger partial charge in [0.2, 0.25) is 0 Å². The van der Waals surface area contributed by atoms with Crippen molar-refractivity contribution in [1.82, 2.24) is 15.0 Å². The maximum atomic E-state index is 5.99. The second-order valence-electron chi connectivity index (χ2n) is 13.2. The maximum absolute atomic E-state index is 5.99. The number of nitrogens with zero attached hydrogens (tertiary/aromatic N) is 3. The fourth-order valence-electron chi connectivity index (χ4n) is 7.20. The van der Waals surface area contributed by atoms with Crippen molar-refractivity contribution in [2.75, 3.05) is 13.2 Å². The summed E-state index contributed by atoms with van der Waals surface area (Å²) in [6, 6.07) is 45.7. The van der Waals surface area contributed by atoms with Crippen molar-refractivity contribution in [1.29, 1.82) is 0 Å². The van der Waals surface area contributed by atoms with Gasteiger partial charge < -0.3 is 0 Å². The normalized spacial score (nSPS) is 15.0. The van der Waals surface area contributed by atoms with E-state index >= 15 is 0 Å². The summed E-state index contributed by atoms with van der Waals surface area (Å²) in [5.41, 5.74) is 7.24. The Morgan fingerprint density at radius 1 is 0.714 bits per heavy atom. The van der Waals surface area contributed by atoms with Crippen molar-refractivity contribution in [2.24, 2.45) is 7.05 Å². The van der Waals surface area contributed by atoms with Crippen LogP contribution in [0, 0.1) is 16.2 Å². The second kappa shape index (κ2) is 17.0. The molecule has 0 spiro atoms. The number of benzene rings is 4. The van der Waals surface area contributed by atoms with Gasteiger partial charge in [0.1, 0.15) is 0 Å². The molecule has 0 radical (unpaired) electrons. The molecule has 8 heteroatoms. The molecule has 0 bridgehead atoms. The second-order valence-corrected chi connectivity index (χ2v) is 19.3. The van der Waals surface area contributed by atoms with Gasteiger partial charge in [0.05, 0.1) is 0 Å². The fraction of sp³-hybridized carbons (Fsp3) is 0.104.